The summed E-state index contributed by atoms with van der Waals surface area (Å²) < 4.78 is 10.4. The molecule has 2 aromatic rings. The van der Waals surface area contributed by atoms with E-state index >= 15 is 0 Å². The van der Waals surface area contributed by atoms with Crippen LogP contribution in [0.5, 0.6) is 0 Å². The van der Waals surface area contributed by atoms with Gasteiger partial charge in [0.15, 0.2) is 0 Å². The topological polar surface area (TPSA) is 26.3 Å². The molecule has 0 saturated heterocycles. The standard InChI is InChI=1S/C17H26O2/c1-8-9-11-14(17(5,6)7)12(16(2,3)4)10-13-15(11)19-18-13/h10H,8-9H2,1-7H3. The van der Waals surface area contributed by atoms with Crippen molar-refractivity contribution in [3.63, 3.8) is 0 Å². The Bertz CT molecular complexity index is 571. The maximum Gasteiger partial charge on any atom is 0.229 e. The van der Waals surface area contributed by atoms with E-state index < -0.39 is 0 Å². The highest BCUT2D eigenvalue weighted by Gasteiger charge is 2.31. The quantitative estimate of drug-likeness (QED) is 0.661. The smallest absolute Gasteiger partial charge is 0.229 e. The van der Waals surface area contributed by atoms with Gasteiger partial charge in [-0.15, -0.1) is 0 Å². The van der Waals surface area contributed by atoms with Crippen molar-refractivity contribution in [1.82, 2.24) is 0 Å². The van der Waals surface area contributed by atoms with Gasteiger partial charge in [0.2, 0.25) is 11.2 Å². The maximum atomic E-state index is 5.26. The second kappa shape index (κ2) is 4.43. The molecule has 0 amide bonds. The van der Waals surface area contributed by atoms with Crippen molar-refractivity contribution < 1.29 is 9.15 Å². The number of hydrogen-bond acceptors (Lipinski definition) is 2. The Morgan fingerprint density at radius 2 is 1.58 bits per heavy atom. The Hall–Kier alpha value is -1.18. The summed E-state index contributed by atoms with van der Waals surface area (Å²) in [5.41, 5.74) is 6.24. The molecule has 1 heterocycles. The highest BCUT2D eigenvalue weighted by molar-refractivity contribution is 5.79. The summed E-state index contributed by atoms with van der Waals surface area (Å²) >= 11 is 0. The summed E-state index contributed by atoms with van der Waals surface area (Å²) in [7, 11) is 0. The third kappa shape index (κ3) is 2.45. The molecular weight excluding hydrogens is 236 g/mol. The zero-order valence-electron chi connectivity index (χ0n) is 13.3. The normalized spacial score (nSPS) is 13.4. The molecule has 0 aliphatic heterocycles. The van der Waals surface area contributed by atoms with Crippen molar-refractivity contribution in [2.75, 3.05) is 0 Å². The van der Waals surface area contributed by atoms with Gasteiger partial charge < -0.3 is 0 Å². The van der Waals surface area contributed by atoms with E-state index in [4.69, 9.17) is 9.15 Å². The molecule has 0 atom stereocenters. The van der Waals surface area contributed by atoms with Crippen molar-refractivity contribution in [2.24, 2.45) is 0 Å². The highest BCUT2D eigenvalue weighted by atomic mass is 17.0. The monoisotopic (exact) mass is 262 g/mol. The largest absolute Gasteiger partial charge is 0.286 e. The van der Waals surface area contributed by atoms with Crippen LogP contribution in [0.3, 0.4) is 0 Å². The van der Waals surface area contributed by atoms with E-state index in [1.54, 1.807) is 0 Å². The number of fused-ring (bicyclic) bond motifs is 1. The molecular formula is C17H26O2. The van der Waals surface area contributed by atoms with E-state index in [9.17, 15) is 0 Å². The van der Waals surface area contributed by atoms with Crippen molar-refractivity contribution in [3.8, 4) is 0 Å². The molecule has 2 rings (SSSR count). The zero-order chi connectivity index (χ0) is 14.4. The average molecular weight is 262 g/mol. The number of aryl methyl sites for hydroxylation is 1. The summed E-state index contributed by atoms with van der Waals surface area (Å²) in [6.07, 6.45) is 2.16. The second-order valence-electron chi connectivity index (χ2n) is 7.52. The Morgan fingerprint density at radius 3 is 1.95 bits per heavy atom. The molecule has 2 heteroatoms. The minimum atomic E-state index is 0.110. The first-order valence-electron chi connectivity index (χ1n) is 7.21. The third-order valence-corrected chi connectivity index (χ3v) is 3.62. The fraction of sp³-hybridized carbons (Fsp3) is 0.647. The first-order valence-corrected chi connectivity index (χ1v) is 7.21. The van der Waals surface area contributed by atoms with Gasteiger partial charge in [0.05, 0.1) is 0 Å². The fourth-order valence-corrected chi connectivity index (χ4v) is 2.84. The minimum absolute atomic E-state index is 0.110. The zero-order valence-corrected chi connectivity index (χ0v) is 13.3. The van der Waals surface area contributed by atoms with Gasteiger partial charge in [0, 0.05) is 5.56 Å². The van der Waals surface area contributed by atoms with E-state index in [2.05, 4.69) is 54.5 Å². The molecule has 0 saturated carbocycles. The van der Waals surface area contributed by atoms with Crippen LogP contribution in [-0.4, -0.2) is 0 Å². The molecule has 0 fully saturated rings. The summed E-state index contributed by atoms with van der Waals surface area (Å²) in [5.74, 6) is 0. The average Bonchev–Trinajstić information content (AvgIpc) is 2.16. The van der Waals surface area contributed by atoms with Crippen LogP contribution in [0.15, 0.2) is 15.2 Å². The molecule has 19 heavy (non-hydrogen) atoms. The lowest BCUT2D eigenvalue weighted by Crippen LogP contribution is -2.24. The second-order valence-corrected chi connectivity index (χ2v) is 7.52. The fourth-order valence-electron chi connectivity index (χ4n) is 2.84. The van der Waals surface area contributed by atoms with Gasteiger partial charge in [-0.3, -0.25) is 9.15 Å². The Kier molecular flexibility index (Phi) is 3.32. The molecule has 0 N–H and O–H groups in total. The van der Waals surface area contributed by atoms with Gasteiger partial charge in [-0.2, -0.15) is 0 Å². The first kappa shape index (κ1) is 14.2. The molecule has 0 aliphatic rings. The predicted octanol–water partition coefficient (Wildman–Crippen LogP) is 5.57. The summed E-state index contributed by atoms with van der Waals surface area (Å²) in [6, 6.07) is 2.17. The number of hydrogen-bond donors (Lipinski definition) is 0. The van der Waals surface area contributed by atoms with E-state index in [0.717, 1.165) is 24.0 Å². The van der Waals surface area contributed by atoms with E-state index in [1.165, 1.54) is 16.7 Å². The molecule has 1 aromatic heterocycles. The predicted molar refractivity (Wildman–Crippen MR) is 79.9 cm³/mol. The summed E-state index contributed by atoms with van der Waals surface area (Å²) in [5, 5.41) is 0. The molecule has 1 aromatic carbocycles. The Labute approximate surface area is 116 Å². The molecule has 2 nitrogen and oxygen atoms in total. The molecule has 0 radical (unpaired) electrons. The van der Waals surface area contributed by atoms with Gasteiger partial charge in [-0.05, 0) is 34.4 Å². The van der Waals surface area contributed by atoms with Crippen LogP contribution in [0.2, 0.25) is 0 Å². The van der Waals surface area contributed by atoms with Gasteiger partial charge >= 0.3 is 0 Å². The van der Waals surface area contributed by atoms with Crippen LogP contribution in [-0.2, 0) is 17.3 Å². The van der Waals surface area contributed by atoms with E-state index in [0.29, 0.717) is 0 Å². The van der Waals surface area contributed by atoms with Crippen molar-refractivity contribution in [3.05, 3.63) is 22.8 Å². The van der Waals surface area contributed by atoms with Gasteiger partial charge in [-0.25, -0.2) is 0 Å². The Morgan fingerprint density at radius 1 is 0.947 bits per heavy atom. The van der Waals surface area contributed by atoms with Gasteiger partial charge in [0.1, 0.15) is 0 Å². The van der Waals surface area contributed by atoms with Crippen LogP contribution in [0, 0.1) is 0 Å². The highest BCUT2D eigenvalue weighted by Crippen LogP contribution is 2.41. The number of benzene rings is 1. The molecule has 0 bridgehead atoms. The number of rotatable bonds is 2. The van der Waals surface area contributed by atoms with Crippen LogP contribution >= 0.6 is 0 Å². The minimum Gasteiger partial charge on any atom is -0.286 e. The van der Waals surface area contributed by atoms with Crippen LogP contribution in [0.25, 0.3) is 11.2 Å². The molecule has 0 unspecified atom stereocenters. The van der Waals surface area contributed by atoms with Crippen LogP contribution < -0.4 is 0 Å². The lowest BCUT2D eigenvalue weighted by Gasteiger charge is -2.32. The van der Waals surface area contributed by atoms with Gasteiger partial charge in [0.25, 0.3) is 0 Å². The summed E-state index contributed by atoms with van der Waals surface area (Å²) in [6.45, 7) is 15.8. The molecule has 0 aliphatic carbocycles. The van der Waals surface area contributed by atoms with E-state index in [-0.39, 0.29) is 10.8 Å². The van der Waals surface area contributed by atoms with E-state index in [1.807, 2.05) is 0 Å². The lowest BCUT2D eigenvalue weighted by molar-refractivity contribution is 0.0576. The first-order chi connectivity index (χ1) is 8.66. The summed E-state index contributed by atoms with van der Waals surface area (Å²) in [4.78, 5) is 0. The lowest BCUT2D eigenvalue weighted by atomic mass is 9.72. The van der Waals surface area contributed by atoms with Gasteiger partial charge in [-0.1, -0.05) is 54.9 Å². The Balaban J connectivity index is 2.80. The van der Waals surface area contributed by atoms with Crippen molar-refractivity contribution >= 4 is 11.2 Å². The molecule has 0 spiro atoms. The van der Waals surface area contributed by atoms with Crippen molar-refractivity contribution in [1.29, 1.82) is 0 Å². The van der Waals surface area contributed by atoms with Crippen LogP contribution in [0.1, 0.15) is 71.6 Å². The third-order valence-electron chi connectivity index (χ3n) is 3.62. The molecule has 106 valence electrons. The van der Waals surface area contributed by atoms with Crippen molar-refractivity contribution in [2.45, 2.75) is 72.1 Å². The maximum absolute atomic E-state index is 5.26. The van der Waals surface area contributed by atoms with Crippen LogP contribution in [0.4, 0.5) is 0 Å². The SMILES string of the molecule is CCCc1c(C(C)(C)C)c(C(C)(C)C)cc2ooc12.